The smallest absolute Gasteiger partial charge is 0.0726 e. The van der Waals surface area contributed by atoms with Gasteiger partial charge in [0.1, 0.15) is 0 Å². The van der Waals surface area contributed by atoms with E-state index >= 15 is 0 Å². The Bertz CT molecular complexity index is 274. The summed E-state index contributed by atoms with van der Waals surface area (Å²) in [6.45, 7) is 4.80. The number of hydrogen-bond acceptors (Lipinski definition) is 4. The quantitative estimate of drug-likeness (QED) is 0.767. The predicted octanol–water partition coefficient (Wildman–Crippen LogP) is 0.679. The van der Waals surface area contributed by atoms with Crippen LogP contribution in [0.25, 0.3) is 0 Å². The lowest BCUT2D eigenvalue weighted by atomic mass is 10.1. The second kappa shape index (κ2) is 4.48. The third-order valence-electron chi connectivity index (χ3n) is 2.44. The maximum atomic E-state index is 9.16. The second-order valence-corrected chi connectivity index (χ2v) is 4.02. The Morgan fingerprint density at radius 1 is 1.43 bits per heavy atom. The van der Waals surface area contributed by atoms with Gasteiger partial charge in [-0.25, -0.2) is 0 Å². The zero-order valence-electron chi connectivity index (χ0n) is 8.94. The maximum absolute atomic E-state index is 9.16. The van der Waals surface area contributed by atoms with Crippen LogP contribution in [0, 0.1) is 0 Å². The van der Waals surface area contributed by atoms with Crippen LogP contribution < -0.4 is 0 Å². The van der Waals surface area contributed by atoms with Gasteiger partial charge in [-0.2, -0.15) is 0 Å². The highest BCUT2D eigenvalue weighted by atomic mass is 16.3. The molecule has 14 heavy (non-hydrogen) atoms. The number of nitrogens with zero attached hydrogens (tertiary/aromatic N) is 3. The van der Waals surface area contributed by atoms with Crippen molar-refractivity contribution in [3.8, 4) is 0 Å². The first-order valence-corrected chi connectivity index (χ1v) is 4.63. The van der Waals surface area contributed by atoms with Gasteiger partial charge in [0.15, 0.2) is 0 Å². The lowest BCUT2D eigenvalue weighted by Crippen LogP contribution is -2.43. The van der Waals surface area contributed by atoms with Crippen LogP contribution in [0.3, 0.4) is 0 Å². The largest absolute Gasteiger partial charge is 0.394 e. The number of hydrogen-bond donors (Lipinski definition) is 1. The molecule has 0 aliphatic heterocycles. The van der Waals surface area contributed by atoms with Crippen LogP contribution in [0.15, 0.2) is 18.6 Å². The van der Waals surface area contributed by atoms with Crippen LogP contribution in [-0.2, 0) is 6.54 Å². The van der Waals surface area contributed by atoms with E-state index in [4.69, 9.17) is 5.11 Å². The Kier molecular flexibility index (Phi) is 3.55. The van der Waals surface area contributed by atoms with Crippen LogP contribution in [0.4, 0.5) is 0 Å². The summed E-state index contributed by atoms with van der Waals surface area (Å²) < 4.78 is 0. The van der Waals surface area contributed by atoms with Crippen LogP contribution in [0.1, 0.15) is 19.5 Å². The van der Waals surface area contributed by atoms with Crippen molar-refractivity contribution >= 4 is 0 Å². The molecule has 1 N–H and O–H groups in total. The zero-order valence-corrected chi connectivity index (χ0v) is 8.94. The van der Waals surface area contributed by atoms with Crippen molar-refractivity contribution in [2.75, 3.05) is 13.7 Å². The van der Waals surface area contributed by atoms with Crippen molar-refractivity contribution in [3.05, 3.63) is 24.3 Å². The Hall–Kier alpha value is -1.00. The molecule has 0 bridgehead atoms. The Morgan fingerprint density at radius 3 is 2.64 bits per heavy atom. The van der Waals surface area contributed by atoms with E-state index in [1.54, 1.807) is 18.6 Å². The Morgan fingerprint density at radius 2 is 2.14 bits per heavy atom. The minimum absolute atomic E-state index is 0.129. The molecule has 0 unspecified atom stereocenters. The highest BCUT2D eigenvalue weighted by Gasteiger charge is 2.22. The van der Waals surface area contributed by atoms with E-state index in [0.717, 1.165) is 5.69 Å². The van der Waals surface area contributed by atoms with Gasteiger partial charge in [-0.05, 0) is 20.9 Å². The van der Waals surface area contributed by atoms with Gasteiger partial charge in [0, 0.05) is 30.7 Å². The lowest BCUT2D eigenvalue weighted by Gasteiger charge is -2.33. The highest BCUT2D eigenvalue weighted by Crippen LogP contribution is 2.13. The summed E-state index contributed by atoms with van der Waals surface area (Å²) in [6.07, 6.45) is 5.07. The third-order valence-corrected chi connectivity index (χ3v) is 2.44. The number of aliphatic hydroxyl groups is 1. The average Bonchev–Trinajstić information content (AvgIpc) is 2.19. The third kappa shape index (κ3) is 2.75. The first-order valence-electron chi connectivity index (χ1n) is 4.63. The number of aromatic nitrogens is 2. The summed E-state index contributed by atoms with van der Waals surface area (Å²) in [7, 11) is 1.96. The van der Waals surface area contributed by atoms with Crippen LogP contribution in [-0.4, -0.2) is 39.2 Å². The molecule has 1 heterocycles. The van der Waals surface area contributed by atoms with E-state index in [2.05, 4.69) is 14.9 Å². The fourth-order valence-electron chi connectivity index (χ4n) is 0.989. The van der Waals surface area contributed by atoms with Crippen LogP contribution in [0.5, 0.6) is 0 Å². The molecule has 4 heteroatoms. The minimum atomic E-state index is -0.225. The van der Waals surface area contributed by atoms with Crippen molar-refractivity contribution in [2.45, 2.75) is 25.9 Å². The molecule has 4 nitrogen and oxygen atoms in total. The molecule has 0 saturated carbocycles. The van der Waals surface area contributed by atoms with Crippen molar-refractivity contribution in [1.82, 2.24) is 14.9 Å². The number of likely N-dealkylation sites (N-methyl/N-ethyl adjacent to an activating group) is 1. The highest BCUT2D eigenvalue weighted by molar-refractivity contribution is 4.95. The fraction of sp³-hybridized carbons (Fsp3) is 0.600. The molecule has 0 radical (unpaired) electrons. The molecule has 0 fully saturated rings. The molecule has 0 aliphatic carbocycles. The van der Waals surface area contributed by atoms with Crippen LogP contribution in [0.2, 0.25) is 0 Å². The van der Waals surface area contributed by atoms with Crippen molar-refractivity contribution in [1.29, 1.82) is 0 Å². The summed E-state index contributed by atoms with van der Waals surface area (Å²) in [5.74, 6) is 0. The first-order chi connectivity index (χ1) is 6.56. The summed E-state index contributed by atoms with van der Waals surface area (Å²) in [5.41, 5.74) is 0.689. The average molecular weight is 195 g/mol. The van der Waals surface area contributed by atoms with E-state index in [1.165, 1.54) is 0 Å². The van der Waals surface area contributed by atoms with E-state index in [9.17, 15) is 0 Å². The lowest BCUT2D eigenvalue weighted by molar-refractivity contribution is 0.0724. The van der Waals surface area contributed by atoms with Crippen LogP contribution >= 0.6 is 0 Å². The molecular formula is C10H17N3O. The van der Waals surface area contributed by atoms with Gasteiger partial charge in [-0.3, -0.25) is 14.9 Å². The molecule has 1 rings (SSSR count). The van der Waals surface area contributed by atoms with Gasteiger partial charge in [0.25, 0.3) is 0 Å². The van der Waals surface area contributed by atoms with Gasteiger partial charge in [0.2, 0.25) is 0 Å². The second-order valence-electron chi connectivity index (χ2n) is 4.02. The minimum Gasteiger partial charge on any atom is -0.394 e. The van der Waals surface area contributed by atoms with Gasteiger partial charge >= 0.3 is 0 Å². The van der Waals surface area contributed by atoms with Gasteiger partial charge in [-0.1, -0.05) is 0 Å². The van der Waals surface area contributed by atoms with E-state index in [1.807, 2.05) is 20.9 Å². The molecular weight excluding hydrogens is 178 g/mol. The summed E-state index contributed by atoms with van der Waals surface area (Å²) >= 11 is 0. The first kappa shape index (κ1) is 11.1. The molecule has 1 aromatic heterocycles. The summed E-state index contributed by atoms with van der Waals surface area (Å²) in [4.78, 5) is 10.2. The van der Waals surface area contributed by atoms with Gasteiger partial charge in [-0.15, -0.1) is 0 Å². The van der Waals surface area contributed by atoms with Gasteiger partial charge in [0.05, 0.1) is 12.3 Å². The molecule has 0 aromatic carbocycles. The SMILES string of the molecule is CN(Cc1cnccn1)C(C)(C)CO. The molecule has 0 saturated heterocycles. The van der Waals surface area contributed by atoms with Crippen molar-refractivity contribution in [2.24, 2.45) is 0 Å². The van der Waals surface area contributed by atoms with Gasteiger partial charge < -0.3 is 5.11 Å². The van der Waals surface area contributed by atoms with Crippen molar-refractivity contribution < 1.29 is 5.11 Å². The molecule has 1 aromatic rings. The van der Waals surface area contributed by atoms with Crippen molar-refractivity contribution in [3.63, 3.8) is 0 Å². The standard InChI is InChI=1S/C10H17N3O/c1-10(2,8-14)13(3)7-9-6-11-4-5-12-9/h4-6,14H,7-8H2,1-3H3. The Balaban J connectivity index is 2.62. The fourth-order valence-corrected chi connectivity index (χ4v) is 0.989. The number of rotatable bonds is 4. The zero-order chi connectivity index (χ0) is 10.6. The topological polar surface area (TPSA) is 49.2 Å². The molecule has 0 spiro atoms. The summed E-state index contributed by atoms with van der Waals surface area (Å²) in [6, 6.07) is 0. The number of aliphatic hydroxyl groups excluding tert-OH is 1. The predicted molar refractivity (Wildman–Crippen MR) is 54.7 cm³/mol. The molecule has 0 atom stereocenters. The maximum Gasteiger partial charge on any atom is 0.0726 e. The molecule has 0 aliphatic rings. The molecule has 0 amide bonds. The normalized spacial score (nSPS) is 12.1. The van der Waals surface area contributed by atoms with E-state index < -0.39 is 0 Å². The molecule has 78 valence electrons. The van der Waals surface area contributed by atoms with E-state index in [-0.39, 0.29) is 12.1 Å². The van der Waals surface area contributed by atoms with E-state index in [0.29, 0.717) is 6.54 Å². The monoisotopic (exact) mass is 195 g/mol. The summed E-state index contributed by atoms with van der Waals surface area (Å²) in [5, 5.41) is 9.16. The Labute approximate surface area is 84.6 Å².